The number of halogens is 1. The van der Waals surface area contributed by atoms with Gasteiger partial charge in [-0.3, -0.25) is 9.88 Å². The zero-order valence-electron chi connectivity index (χ0n) is 15.6. The van der Waals surface area contributed by atoms with Crippen LogP contribution in [0.1, 0.15) is 5.69 Å². The first-order valence-corrected chi connectivity index (χ1v) is 9.23. The van der Waals surface area contributed by atoms with Crippen LogP contribution >= 0.6 is 0 Å². The van der Waals surface area contributed by atoms with E-state index in [1.807, 2.05) is 30.3 Å². The molecule has 1 fully saturated rings. The molecular weight excluding hydrogens is 345 g/mol. The molecular formula is C20H26FN5O. The first-order chi connectivity index (χ1) is 13.1. The van der Waals surface area contributed by atoms with E-state index in [2.05, 4.69) is 20.1 Å². The number of urea groups is 1. The third-order valence-corrected chi connectivity index (χ3v) is 4.74. The van der Waals surface area contributed by atoms with E-state index in [1.54, 1.807) is 18.1 Å². The maximum absolute atomic E-state index is 13.0. The van der Waals surface area contributed by atoms with E-state index in [0.29, 0.717) is 13.1 Å². The fraction of sp³-hybridized carbons (Fsp3) is 0.400. The monoisotopic (exact) mass is 371 g/mol. The van der Waals surface area contributed by atoms with Crippen molar-refractivity contribution in [3.05, 3.63) is 60.2 Å². The summed E-state index contributed by atoms with van der Waals surface area (Å²) in [4.78, 5) is 22.6. The molecule has 6 nitrogen and oxygen atoms in total. The summed E-state index contributed by atoms with van der Waals surface area (Å²) in [5.74, 6) is -0.207. The van der Waals surface area contributed by atoms with Crippen LogP contribution in [-0.2, 0) is 6.54 Å². The number of aromatic nitrogens is 1. The average molecular weight is 371 g/mol. The van der Waals surface area contributed by atoms with Gasteiger partial charge in [0.1, 0.15) is 5.82 Å². The number of carbonyl (C=O) groups excluding carboxylic acids is 1. The fourth-order valence-corrected chi connectivity index (χ4v) is 3.14. The number of benzene rings is 1. The molecule has 27 heavy (non-hydrogen) atoms. The second-order valence-electron chi connectivity index (χ2n) is 6.71. The lowest BCUT2D eigenvalue weighted by molar-refractivity contribution is 0.201. The Hall–Kier alpha value is -2.67. The van der Waals surface area contributed by atoms with Crippen LogP contribution in [0.4, 0.5) is 14.9 Å². The molecule has 0 unspecified atom stereocenters. The molecule has 1 aromatic carbocycles. The van der Waals surface area contributed by atoms with E-state index < -0.39 is 0 Å². The highest BCUT2D eigenvalue weighted by Crippen LogP contribution is 2.16. The van der Waals surface area contributed by atoms with Gasteiger partial charge < -0.3 is 15.1 Å². The number of carbonyl (C=O) groups is 1. The molecule has 0 spiro atoms. The van der Waals surface area contributed by atoms with Crippen LogP contribution in [0.2, 0.25) is 0 Å². The topological polar surface area (TPSA) is 51.7 Å². The molecule has 0 aliphatic carbocycles. The summed E-state index contributed by atoms with van der Waals surface area (Å²) < 4.78 is 13.0. The molecule has 2 heterocycles. The maximum atomic E-state index is 13.0. The Morgan fingerprint density at radius 3 is 2.56 bits per heavy atom. The van der Waals surface area contributed by atoms with E-state index in [-0.39, 0.29) is 11.8 Å². The lowest BCUT2D eigenvalue weighted by Crippen LogP contribution is -2.49. The van der Waals surface area contributed by atoms with Crippen LogP contribution in [0.5, 0.6) is 0 Å². The Morgan fingerprint density at radius 1 is 1.15 bits per heavy atom. The molecule has 3 rings (SSSR count). The van der Waals surface area contributed by atoms with Crippen LogP contribution in [0.15, 0.2) is 48.7 Å². The molecule has 0 atom stereocenters. The highest BCUT2D eigenvalue weighted by molar-refractivity contribution is 5.73. The van der Waals surface area contributed by atoms with Gasteiger partial charge in [-0.25, -0.2) is 9.18 Å². The normalized spacial score (nSPS) is 14.8. The summed E-state index contributed by atoms with van der Waals surface area (Å²) in [5.41, 5.74) is 1.92. The Labute approximate surface area is 159 Å². The second kappa shape index (κ2) is 9.32. The van der Waals surface area contributed by atoms with Crippen molar-refractivity contribution in [2.24, 2.45) is 0 Å². The zero-order valence-corrected chi connectivity index (χ0v) is 15.6. The van der Waals surface area contributed by atoms with E-state index in [4.69, 9.17) is 0 Å². The van der Waals surface area contributed by atoms with Crippen molar-refractivity contribution in [1.29, 1.82) is 0 Å². The van der Waals surface area contributed by atoms with Crippen molar-refractivity contribution >= 4 is 11.7 Å². The van der Waals surface area contributed by atoms with Gasteiger partial charge in [0.05, 0.1) is 12.2 Å². The third-order valence-electron chi connectivity index (χ3n) is 4.74. The Morgan fingerprint density at radius 2 is 1.89 bits per heavy atom. The second-order valence-corrected chi connectivity index (χ2v) is 6.71. The smallest absolute Gasteiger partial charge is 0.317 e. The molecule has 1 aliphatic heterocycles. The van der Waals surface area contributed by atoms with Gasteiger partial charge in [-0.2, -0.15) is 0 Å². The molecule has 0 radical (unpaired) electrons. The molecule has 7 heteroatoms. The minimum Gasteiger partial charge on any atom is -0.369 e. The zero-order chi connectivity index (χ0) is 19.1. The molecule has 144 valence electrons. The van der Waals surface area contributed by atoms with Crippen molar-refractivity contribution in [1.82, 2.24) is 20.1 Å². The quantitative estimate of drug-likeness (QED) is 0.846. The van der Waals surface area contributed by atoms with Gasteiger partial charge in [0.2, 0.25) is 0 Å². The summed E-state index contributed by atoms with van der Waals surface area (Å²) in [5, 5.41) is 2.96. The highest BCUT2D eigenvalue weighted by atomic mass is 19.1. The SMILES string of the molecule is CN(Cc1ccccn1)C(=O)NCCN1CCN(c2ccc(F)cc2)CC1. The van der Waals surface area contributed by atoms with Crippen LogP contribution in [0.3, 0.4) is 0 Å². The predicted molar refractivity (Wildman–Crippen MR) is 104 cm³/mol. The Bertz CT molecular complexity index is 717. The maximum Gasteiger partial charge on any atom is 0.317 e. The summed E-state index contributed by atoms with van der Waals surface area (Å²) in [6, 6.07) is 12.2. The number of pyridine rings is 1. The van der Waals surface area contributed by atoms with E-state index in [0.717, 1.165) is 44.1 Å². The van der Waals surface area contributed by atoms with Gasteiger partial charge >= 0.3 is 6.03 Å². The highest BCUT2D eigenvalue weighted by Gasteiger charge is 2.17. The van der Waals surface area contributed by atoms with Crippen LogP contribution in [0, 0.1) is 5.82 Å². The lowest BCUT2D eigenvalue weighted by Gasteiger charge is -2.36. The minimum atomic E-state index is -0.207. The number of piperazine rings is 1. The Balaban J connectivity index is 1.35. The largest absolute Gasteiger partial charge is 0.369 e. The van der Waals surface area contributed by atoms with Gasteiger partial charge in [-0.05, 0) is 36.4 Å². The fourth-order valence-electron chi connectivity index (χ4n) is 3.14. The molecule has 1 aliphatic rings. The number of nitrogens with one attached hydrogen (secondary N) is 1. The number of amides is 2. The third kappa shape index (κ3) is 5.65. The molecule has 1 aromatic heterocycles. The predicted octanol–water partition coefficient (Wildman–Crippen LogP) is 2.18. The van der Waals surface area contributed by atoms with Gasteiger partial charge in [-0.15, -0.1) is 0 Å². The van der Waals surface area contributed by atoms with Gasteiger partial charge in [0, 0.05) is 58.2 Å². The number of anilines is 1. The lowest BCUT2D eigenvalue weighted by atomic mass is 10.2. The number of hydrogen-bond acceptors (Lipinski definition) is 4. The summed E-state index contributed by atoms with van der Waals surface area (Å²) in [6.45, 7) is 5.58. The van der Waals surface area contributed by atoms with Crippen molar-refractivity contribution < 1.29 is 9.18 Å². The summed E-state index contributed by atoms with van der Waals surface area (Å²) in [7, 11) is 1.77. The van der Waals surface area contributed by atoms with E-state index in [9.17, 15) is 9.18 Å². The number of rotatable bonds is 6. The van der Waals surface area contributed by atoms with Gasteiger partial charge in [0.25, 0.3) is 0 Å². The first-order valence-electron chi connectivity index (χ1n) is 9.23. The van der Waals surface area contributed by atoms with Crippen molar-refractivity contribution in [3.8, 4) is 0 Å². The summed E-state index contributed by atoms with van der Waals surface area (Å²) >= 11 is 0. The van der Waals surface area contributed by atoms with Gasteiger partial charge in [0.15, 0.2) is 0 Å². The van der Waals surface area contributed by atoms with E-state index >= 15 is 0 Å². The van der Waals surface area contributed by atoms with Crippen LogP contribution in [-0.4, -0.2) is 67.1 Å². The Kier molecular flexibility index (Phi) is 6.59. The molecule has 2 aromatic rings. The van der Waals surface area contributed by atoms with Gasteiger partial charge in [-0.1, -0.05) is 6.07 Å². The number of nitrogens with zero attached hydrogens (tertiary/aromatic N) is 4. The standard InChI is InChI=1S/C20H26FN5O/c1-24(16-18-4-2-3-9-22-18)20(27)23-10-11-25-12-14-26(15-13-25)19-7-5-17(21)6-8-19/h2-9H,10-16H2,1H3,(H,23,27). The molecule has 2 amide bonds. The van der Waals surface area contributed by atoms with Crippen molar-refractivity contribution in [2.75, 3.05) is 51.2 Å². The minimum absolute atomic E-state index is 0.0920. The van der Waals surface area contributed by atoms with Crippen molar-refractivity contribution in [3.63, 3.8) is 0 Å². The van der Waals surface area contributed by atoms with Crippen LogP contribution < -0.4 is 10.2 Å². The first kappa shape index (κ1) is 19.1. The van der Waals surface area contributed by atoms with Crippen LogP contribution in [0.25, 0.3) is 0 Å². The summed E-state index contributed by atoms with van der Waals surface area (Å²) in [6.07, 6.45) is 1.73. The molecule has 1 N–H and O–H groups in total. The average Bonchev–Trinajstić information content (AvgIpc) is 2.70. The molecule has 0 bridgehead atoms. The van der Waals surface area contributed by atoms with E-state index in [1.165, 1.54) is 12.1 Å². The molecule has 1 saturated heterocycles. The number of hydrogen-bond donors (Lipinski definition) is 1. The molecule has 0 saturated carbocycles. The van der Waals surface area contributed by atoms with Crippen molar-refractivity contribution in [2.45, 2.75) is 6.54 Å².